The summed E-state index contributed by atoms with van der Waals surface area (Å²) in [6.45, 7) is 0. The van der Waals surface area contributed by atoms with Crippen LogP contribution in [-0.2, 0) is 4.74 Å². The molecule has 1 rings (SSSR count). The highest BCUT2D eigenvalue weighted by Gasteiger charge is 2.04. The predicted molar refractivity (Wildman–Crippen MR) is 46.8 cm³/mol. The molecule has 4 heteroatoms. The van der Waals surface area contributed by atoms with E-state index in [0.717, 1.165) is 0 Å². The zero-order valence-electron chi connectivity index (χ0n) is 6.78. The van der Waals surface area contributed by atoms with Crippen molar-refractivity contribution in [3.8, 4) is 0 Å². The van der Waals surface area contributed by atoms with Crippen LogP contribution >= 0.6 is 0 Å². The Morgan fingerprint density at radius 3 is 2.92 bits per heavy atom. The molecule has 0 amide bonds. The lowest BCUT2D eigenvalue weighted by atomic mass is 9.88. The molecule has 0 saturated heterocycles. The molecule has 1 aromatic rings. The molecule has 0 aliphatic heterocycles. The molecule has 0 aliphatic rings. The van der Waals surface area contributed by atoms with Gasteiger partial charge < -0.3 is 9.76 Å². The van der Waals surface area contributed by atoms with Crippen LogP contribution in [0.1, 0.15) is 10.4 Å². The summed E-state index contributed by atoms with van der Waals surface area (Å²) in [5, 5.41) is 8.76. The summed E-state index contributed by atoms with van der Waals surface area (Å²) in [6, 6.07) is 6.70. The van der Waals surface area contributed by atoms with Crippen molar-refractivity contribution in [2.45, 2.75) is 0 Å². The predicted octanol–water partition coefficient (Wildman–Crippen LogP) is -0.558. The highest BCUT2D eigenvalue weighted by Crippen LogP contribution is 1.97. The fourth-order valence-electron chi connectivity index (χ4n) is 0.915. The number of methoxy groups -OCH3 is 1. The summed E-state index contributed by atoms with van der Waals surface area (Å²) in [5.41, 5.74) is 1.17. The zero-order chi connectivity index (χ0) is 8.97. The molecule has 0 heterocycles. The topological polar surface area (TPSA) is 46.5 Å². The SMILES string of the molecule is COC(=O)c1cccc(BO)c1. The van der Waals surface area contributed by atoms with Gasteiger partial charge in [-0.15, -0.1) is 0 Å². The summed E-state index contributed by atoms with van der Waals surface area (Å²) in [5.74, 6) is -0.384. The molecule has 0 radical (unpaired) electrons. The highest BCUT2D eigenvalue weighted by atomic mass is 16.5. The molecule has 12 heavy (non-hydrogen) atoms. The van der Waals surface area contributed by atoms with Gasteiger partial charge in [0, 0.05) is 0 Å². The van der Waals surface area contributed by atoms with Gasteiger partial charge in [0.1, 0.15) is 0 Å². The molecule has 3 nitrogen and oxygen atoms in total. The Kier molecular flexibility index (Phi) is 2.88. The first-order chi connectivity index (χ1) is 5.77. The summed E-state index contributed by atoms with van der Waals surface area (Å²) in [6.07, 6.45) is 0. The lowest BCUT2D eigenvalue weighted by Crippen LogP contribution is -2.15. The van der Waals surface area contributed by atoms with Crippen LogP contribution in [0.4, 0.5) is 0 Å². The number of carbonyl (C=O) groups excluding carboxylic acids is 1. The van der Waals surface area contributed by atoms with E-state index in [1.165, 1.54) is 7.11 Å². The molecule has 0 bridgehead atoms. The summed E-state index contributed by atoms with van der Waals surface area (Å²) in [4.78, 5) is 11.0. The van der Waals surface area contributed by atoms with Crippen LogP contribution in [0.3, 0.4) is 0 Å². The van der Waals surface area contributed by atoms with Gasteiger partial charge in [-0.05, 0) is 6.07 Å². The van der Waals surface area contributed by atoms with Gasteiger partial charge in [-0.2, -0.15) is 0 Å². The number of ether oxygens (including phenoxy) is 1. The van der Waals surface area contributed by atoms with E-state index >= 15 is 0 Å². The van der Waals surface area contributed by atoms with Crippen molar-refractivity contribution in [3.63, 3.8) is 0 Å². The minimum atomic E-state index is -0.384. The van der Waals surface area contributed by atoms with Crippen LogP contribution in [-0.4, -0.2) is 25.6 Å². The van der Waals surface area contributed by atoms with Crippen LogP contribution in [0.25, 0.3) is 0 Å². The average Bonchev–Trinajstić information content (AvgIpc) is 2.17. The molecular weight excluding hydrogens is 155 g/mol. The monoisotopic (exact) mass is 164 g/mol. The Morgan fingerprint density at radius 1 is 1.58 bits per heavy atom. The van der Waals surface area contributed by atoms with E-state index in [4.69, 9.17) is 5.02 Å². The van der Waals surface area contributed by atoms with E-state index in [-0.39, 0.29) is 13.5 Å². The van der Waals surface area contributed by atoms with E-state index in [9.17, 15) is 4.79 Å². The number of benzene rings is 1. The molecule has 0 aromatic heterocycles. The van der Waals surface area contributed by atoms with Crippen molar-refractivity contribution in [2.24, 2.45) is 0 Å². The van der Waals surface area contributed by atoms with Crippen molar-refractivity contribution in [1.29, 1.82) is 0 Å². The normalized spacial score (nSPS) is 9.17. The van der Waals surface area contributed by atoms with Crippen molar-refractivity contribution in [3.05, 3.63) is 29.8 Å². The third-order valence-electron chi connectivity index (χ3n) is 1.53. The largest absolute Gasteiger partial charge is 0.465 e. The molecule has 0 fully saturated rings. The highest BCUT2D eigenvalue weighted by molar-refractivity contribution is 6.45. The Balaban J connectivity index is 2.93. The first kappa shape index (κ1) is 8.81. The number of hydrogen-bond acceptors (Lipinski definition) is 3. The third kappa shape index (κ3) is 1.86. The third-order valence-corrected chi connectivity index (χ3v) is 1.53. The van der Waals surface area contributed by atoms with Crippen LogP contribution < -0.4 is 5.46 Å². The lowest BCUT2D eigenvalue weighted by Gasteiger charge is -1.99. The standard InChI is InChI=1S/C8H9BO3/c1-12-8(10)6-3-2-4-7(5-6)9-11/h2-5,9,11H,1H3. The maximum Gasteiger partial charge on any atom is 0.337 e. The first-order valence-corrected chi connectivity index (χ1v) is 3.56. The number of rotatable bonds is 2. The van der Waals surface area contributed by atoms with E-state index in [0.29, 0.717) is 11.0 Å². The Labute approximate surface area is 71.3 Å². The van der Waals surface area contributed by atoms with Crippen molar-refractivity contribution in [1.82, 2.24) is 0 Å². The molecule has 0 atom stereocenters. The van der Waals surface area contributed by atoms with E-state index in [2.05, 4.69) is 4.74 Å². The van der Waals surface area contributed by atoms with Crippen LogP contribution in [0.15, 0.2) is 24.3 Å². The minimum absolute atomic E-state index is 0.0646. The first-order valence-electron chi connectivity index (χ1n) is 3.56. The Hall–Kier alpha value is -1.29. The summed E-state index contributed by atoms with van der Waals surface area (Å²) < 4.78 is 4.52. The molecule has 0 aliphatic carbocycles. The number of hydrogen-bond donors (Lipinski definition) is 1. The quantitative estimate of drug-likeness (QED) is 0.470. The summed E-state index contributed by atoms with van der Waals surface area (Å²) >= 11 is 0. The van der Waals surface area contributed by atoms with Gasteiger partial charge >= 0.3 is 13.5 Å². The van der Waals surface area contributed by atoms with Gasteiger partial charge in [-0.1, -0.05) is 23.7 Å². The molecule has 0 spiro atoms. The van der Waals surface area contributed by atoms with Crippen LogP contribution in [0, 0.1) is 0 Å². The number of esters is 1. The average molecular weight is 164 g/mol. The van der Waals surface area contributed by atoms with Gasteiger partial charge in [-0.25, -0.2) is 4.79 Å². The summed E-state index contributed by atoms with van der Waals surface area (Å²) in [7, 11) is 1.26. The number of carbonyl (C=O) groups is 1. The Bertz CT molecular complexity index is 285. The fraction of sp³-hybridized carbons (Fsp3) is 0.125. The maximum absolute atomic E-state index is 11.0. The lowest BCUT2D eigenvalue weighted by molar-refractivity contribution is 0.0601. The van der Waals surface area contributed by atoms with Crippen molar-refractivity contribution < 1.29 is 14.6 Å². The van der Waals surface area contributed by atoms with Gasteiger partial charge in [0.25, 0.3) is 0 Å². The van der Waals surface area contributed by atoms with Crippen LogP contribution in [0.5, 0.6) is 0 Å². The van der Waals surface area contributed by atoms with Crippen molar-refractivity contribution in [2.75, 3.05) is 7.11 Å². The second-order valence-corrected chi connectivity index (χ2v) is 2.35. The van der Waals surface area contributed by atoms with Gasteiger partial charge in [-0.3, -0.25) is 0 Å². The van der Waals surface area contributed by atoms with Crippen LogP contribution in [0.2, 0.25) is 0 Å². The zero-order valence-corrected chi connectivity index (χ0v) is 6.78. The minimum Gasteiger partial charge on any atom is -0.465 e. The second-order valence-electron chi connectivity index (χ2n) is 2.35. The second kappa shape index (κ2) is 3.92. The van der Waals surface area contributed by atoms with E-state index in [1.54, 1.807) is 24.3 Å². The van der Waals surface area contributed by atoms with Crippen molar-refractivity contribution >= 4 is 18.9 Å². The molecule has 0 saturated carbocycles. The maximum atomic E-state index is 11.0. The molecule has 1 N–H and O–H groups in total. The Morgan fingerprint density at radius 2 is 2.33 bits per heavy atom. The molecule has 1 aromatic carbocycles. The van der Waals surface area contributed by atoms with Gasteiger partial charge in [0.15, 0.2) is 0 Å². The molecule has 62 valence electrons. The fourth-order valence-corrected chi connectivity index (χ4v) is 0.915. The van der Waals surface area contributed by atoms with Gasteiger partial charge in [0.2, 0.25) is 0 Å². The van der Waals surface area contributed by atoms with E-state index < -0.39 is 0 Å². The smallest absolute Gasteiger partial charge is 0.337 e. The molecule has 0 unspecified atom stereocenters. The molecular formula is C8H9BO3. The van der Waals surface area contributed by atoms with Gasteiger partial charge in [0.05, 0.1) is 12.7 Å². The van der Waals surface area contributed by atoms with E-state index in [1.807, 2.05) is 0 Å².